The zero-order valence-corrected chi connectivity index (χ0v) is 15.7. The Hall–Kier alpha value is -3.19. The summed E-state index contributed by atoms with van der Waals surface area (Å²) >= 11 is 1.56. The first kappa shape index (κ1) is 17.2. The third-order valence-electron chi connectivity index (χ3n) is 4.38. The summed E-state index contributed by atoms with van der Waals surface area (Å²) in [6.45, 7) is 0.624. The molecule has 136 valence electrons. The number of benzene rings is 1. The minimum absolute atomic E-state index is 0.0901. The molecule has 0 radical (unpaired) electrons. The number of likely N-dealkylation sites (N-methyl/N-ethyl adjacent to an activating group) is 1. The molecular weight excluding hydrogens is 358 g/mol. The Balaban J connectivity index is 1.56. The first-order valence-corrected chi connectivity index (χ1v) is 9.49. The van der Waals surface area contributed by atoms with Crippen LogP contribution < -0.4 is 5.73 Å². The number of aromatic nitrogens is 3. The summed E-state index contributed by atoms with van der Waals surface area (Å²) in [4.78, 5) is 20.0. The summed E-state index contributed by atoms with van der Waals surface area (Å²) in [5, 5.41) is 6.45. The van der Waals surface area contributed by atoms with Crippen LogP contribution in [0.1, 0.15) is 15.9 Å². The average Bonchev–Trinajstić information content (AvgIpc) is 3.35. The molecule has 0 atom stereocenters. The number of pyridine rings is 1. The van der Waals surface area contributed by atoms with Crippen LogP contribution in [-0.2, 0) is 6.42 Å². The molecule has 3 heterocycles. The lowest BCUT2D eigenvalue weighted by Crippen LogP contribution is -2.29. The first-order chi connectivity index (χ1) is 13.1. The smallest absolute Gasteiger partial charge is 0.255 e. The fraction of sp³-hybridized carbons (Fsp3) is 0.150. The van der Waals surface area contributed by atoms with E-state index in [1.54, 1.807) is 40.1 Å². The molecule has 6 nitrogen and oxygen atoms in total. The van der Waals surface area contributed by atoms with E-state index in [9.17, 15) is 4.79 Å². The van der Waals surface area contributed by atoms with Crippen molar-refractivity contribution in [3.8, 4) is 10.7 Å². The minimum Gasteiger partial charge on any atom is -0.396 e. The lowest BCUT2D eigenvalue weighted by atomic mass is 10.1. The quantitative estimate of drug-likeness (QED) is 0.579. The number of fused-ring (bicyclic) bond motifs is 1. The molecule has 0 aliphatic carbocycles. The summed E-state index contributed by atoms with van der Waals surface area (Å²) in [6, 6.07) is 15.7. The summed E-state index contributed by atoms with van der Waals surface area (Å²) in [5.74, 6) is 0.520. The van der Waals surface area contributed by atoms with E-state index in [0.717, 1.165) is 11.3 Å². The van der Waals surface area contributed by atoms with E-state index < -0.39 is 0 Å². The summed E-state index contributed by atoms with van der Waals surface area (Å²) in [5.41, 5.74) is 8.83. The van der Waals surface area contributed by atoms with E-state index in [4.69, 9.17) is 5.73 Å². The molecule has 0 aliphatic heterocycles. The van der Waals surface area contributed by atoms with Gasteiger partial charge in [-0.25, -0.2) is 9.50 Å². The maximum absolute atomic E-state index is 12.8. The van der Waals surface area contributed by atoms with Crippen LogP contribution in [0.3, 0.4) is 0 Å². The lowest BCUT2D eigenvalue weighted by Gasteiger charge is -2.17. The van der Waals surface area contributed by atoms with E-state index in [2.05, 4.69) is 22.2 Å². The van der Waals surface area contributed by atoms with Crippen molar-refractivity contribution in [1.82, 2.24) is 19.5 Å². The largest absolute Gasteiger partial charge is 0.396 e. The van der Waals surface area contributed by atoms with Crippen LogP contribution in [0, 0.1) is 0 Å². The van der Waals surface area contributed by atoms with Gasteiger partial charge in [0.2, 0.25) is 0 Å². The topological polar surface area (TPSA) is 76.5 Å². The standard InChI is InChI=1S/C20H19N5OS/c1-24(10-9-14-6-3-2-4-7-14)20(26)15-12-16(21)19-22-18(23-25(19)13-15)17-8-5-11-27-17/h2-8,11-13H,9-10,21H2,1H3. The number of carbonyl (C=O) groups is 1. The number of thiophene rings is 1. The van der Waals surface area contributed by atoms with Crippen molar-refractivity contribution in [3.05, 3.63) is 71.2 Å². The predicted octanol–water partition coefficient (Wildman–Crippen LogP) is 3.35. The highest BCUT2D eigenvalue weighted by atomic mass is 32.1. The molecule has 7 heteroatoms. The van der Waals surface area contributed by atoms with Gasteiger partial charge in [0.25, 0.3) is 5.91 Å². The fourth-order valence-electron chi connectivity index (χ4n) is 2.90. The molecule has 1 aromatic carbocycles. The molecule has 0 spiro atoms. The van der Waals surface area contributed by atoms with Gasteiger partial charge < -0.3 is 10.6 Å². The maximum atomic E-state index is 12.8. The van der Waals surface area contributed by atoms with Gasteiger partial charge in [-0.3, -0.25) is 4.79 Å². The molecule has 0 unspecified atom stereocenters. The monoisotopic (exact) mass is 377 g/mol. The summed E-state index contributed by atoms with van der Waals surface area (Å²) in [7, 11) is 1.80. The zero-order valence-electron chi connectivity index (χ0n) is 14.9. The molecular formula is C20H19N5OS. The van der Waals surface area contributed by atoms with Gasteiger partial charge in [0.05, 0.1) is 16.1 Å². The van der Waals surface area contributed by atoms with Gasteiger partial charge in [-0.2, -0.15) is 0 Å². The van der Waals surface area contributed by atoms with E-state index in [1.165, 1.54) is 5.56 Å². The Morgan fingerprint density at radius 3 is 2.78 bits per heavy atom. The van der Waals surface area contributed by atoms with Crippen molar-refractivity contribution < 1.29 is 4.79 Å². The van der Waals surface area contributed by atoms with E-state index in [-0.39, 0.29) is 5.91 Å². The Morgan fingerprint density at radius 1 is 1.22 bits per heavy atom. The highest BCUT2D eigenvalue weighted by Crippen LogP contribution is 2.24. The van der Waals surface area contributed by atoms with Crippen LogP contribution in [0.4, 0.5) is 5.69 Å². The molecule has 27 heavy (non-hydrogen) atoms. The van der Waals surface area contributed by atoms with Crippen LogP contribution in [0.15, 0.2) is 60.1 Å². The van der Waals surface area contributed by atoms with Crippen molar-refractivity contribution in [2.45, 2.75) is 6.42 Å². The van der Waals surface area contributed by atoms with Crippen LogP contribution in [0.5, 0.6) is 0 Å². The number of amides is 1. The van der Waals surface area contributed by atoms with Crippen molar-refractivity contribution in [3.63, 3.8) is 0 Å². The third-order valence-corrected chi connectivity index (χ3v) is 5.24. The van der Waals surface area contributed by atoms with Crippen LogP contribution in [0.2, 0.25) is 0 Å². The number of carbonyl (C=O) groups excluding carboxylic acids is 1. The Labute approximate surface area is 160 Å². The van der Waals surface area contributed by atoms with Crippen molar-refractivity contribution in [2.24, 2.45) is 0 Å². The Kier molecular flexibility index (Phi) is 4.60. The van der Waals surface area contributed by atoms with Gasteiger partial charge in [-0.15, -0.1) is 16.4 Å². The predicted molar refractivity (Wildman–Crippen MR) is 108 cm³/mol. The molecule has 1 amide bonds. The van der Waals surface area contributed by atoms with Gasteiger partial charge in [0.1, 0.15) is 0 Å². The highest BCUT2D eigenvalue weighted by molar-refractivity contribution is 7.13. The average molecular weight is 377 g/mol. The number of nitrogens with zero attached hydrogens (tertiary/aromatic N) is 4. The number of anilines is 1. The molecule has 4 rings (SSSR count). The van der Waals surface area contributed by atoms with E-state index >= 15 is 0 Å². The van der Waals surface area contributed by atoms with E-state index in [1.807, 2.05) is 35.7 Å². The minimum atomic E-state index is -0.0901. The number of hydrogen-bond donors (Lipinski definition) is 1. The second kappa shape index (κ2) is 7.20. The van der Waals surface area contributed by atoms with Crippen LogP contribution >= 0.6 is 11.3 Å². The van der Waals surface area contributed by atoms with Crippen LogP contribution in [0.25, 0.3) is 16.3 Å². The fourth-order valence-corrected chi connectivity index (χ4v) is 3.55. The van der Waals surface area contributed by atoms with Crippen LogP contribution in [-0.4, -0.2) is 39.0 Å². The van der Waals surface area contributed by atoms with Gasteiger partial charge in [-0.1, -0.05) is 36.4 Å². The van der Waals surface area contributed by atoms with Crippen molar-refractivity contribution in [2.75, 3.05) is 19.3 Å². The lowest BCUT2D eigenvalue weighted by molar-refractivity contribution is 0.0796. The first-order valence-electron chi connectivity index (χ1n) is 8.61. The Bertz CT molecular complexity index is 1070. The molecule has 0 saturated heterocycles. The maximum Gasteiger partial charge on any atom is 0.255 e. The van der Waals surface area contributed by atoms with Gasteiger partial charge in [-0.05, 0) is 29.5 Å². The molecule has 4 aromatic rings. The summed E-state index contributed by atoms with van der Waals surface area (Å²) < 4.78 is 1.59. The van der Waals surface area contributed by atoms with Crippen molar-refractivity contribution >= 4 is 28.6 Å². The second-order valence-corrected chi connectivity index (χ2v) is 7.28. The van der Waals surface area contributed by atoms with Gasteiger partial charge in [0.15, 0.2) is 11.5 Å². The molecule has 0 bridgehead atoms. The Morgan fingerprint density at radius 2 is 2.04 bits per heavy atom. The normalized spacial score (nSPS) is 11.0. The number of rotatable bonds is 5. The molecule has 0 aliphatic rings. The second-order valence-electron chi connectivity index (χ2n) is 6.33. The summed E-state index contributed by atoms with van der Waals surface area (Å²) in [6.07, 6.45) is 2.49. The van der Waals surface area contributed by atoms with Gasteiger partial charge in [0, 0.05) is 19.8 Å². The third kappa shape index (κ3) is 3.54. The SMILES string of the molecule is CN(CCc1ccccc1)C(=O)c1cc(N)c2nc(-c3cccs3)nn2c1. The molecule has 2 N–H and O–H groups in total. The van der Waals surface area contributed by atoms with Crippen molar-refractivity contribution in [1.29, 1.82) is 0 Å². The molecule has 0 fully saturated rings. The zero-order chi connectivity index (χ0) is 18.8. The molecule has 3 aromatic heterocycles. The van der Waals surface area contributed by atoms with E-state index in [0.29, 0.717) is 29.3 Å². The highest BCUT2D eigenvalue weighted by Gasteiger charge is 2.16. The number of hydrogen-bond acceptors (Lipinski definition) is 5. The van der Waals surface area contributed by atoms with Gasteiger partial charge >= 0.3 is 0 Å². The molecule has 0 saturated carbocycles. The number of nitrogens with two attached hydrogens (primary N) is 1. The number of nitrogen functional groups attached to an aromatic ring is 1.